The fourth-order valence-electron chi connectivity index (χ4n) is 2.65. The molecule has 4 nitrogen and oxygen atoms in total. The highest BCUT2D eigenvalue weighted by Crippen LogP contribution is 2.42. The molecule has 0 aromatic heterocycles. The monoisotopic (exact) mass is 276 g/mol. The van der Waals surface area contributed by atoms with Gasteiger partial charge in [0.2, 0.25) is 0 Å². The van der Waals surface area contributed by atoms with Crippen LogP contribution in [0.3, 0.4) is 0 Å². The van der Waals surface area contributed by atoms with E-state index in [9.17, 15) is 4.79 Å². The zero-order valence-electron chi connectivity index (χ0n) is 12.5. The Morgan fingerprint density at radius 2 is 2.05 bits per heavy atom. The number of amides is 1. The van der Waals surface area contributed by atoms with Gasteiger partial charge in [0.05, 0.1) is 6.10 Å². The van der Waals surface area contributed by atoms with E-state index in [1.54, 1.807) is 0 Å². The molecule has 0 spiro atoms. The highest BCUT2D eigenvalue weighted by Gasteiger charge is 2.49. The highest BCUT2D eigenvalue weighted by molar-refractivity contribution is 5.94. The first-order chi connectivity index (χ1) is 9.48. The van der Waals surface area contributed by atoms with Crippen LogP contribution in [-0.2, 0) is 11.3 Å². The van der Waals surface area contributed by atoms with E-state index in [1.165, 1.54) is 0 Å². The summed E-state index contributed by atoms with van der Waals surface area (Å²) in [5.74, 6) is -0.0263. The van der Waals surface area contributed by atoms with Crippen molar-refractivity contribution in [2.24, 2.45) is 11.1 Å². The molecule has 110 valence electrons. The SMILES string of the molecule is CCOC1CC(NC(=O)c2ccc(CN)cc2)C1(C)C. The molecular formula is C16H24N2O2. The summed E-state index contributed by atoms with van der Waals surface area (Å²) < 4.78 is 5.68. The molecule has 3 N–H and O–H groups in total. The number of nitrogens with two attached hydrogens (primary N) is 1. The topological polar surface area (TPSA) is 64.3 Å². The van der Waals surface area contributed by atoms with E-state index in [0.717, 1.165) is 18.6 Å². The van der Waals surface area contributed by atoms with Gasteiger partial charge in [0.15, 0.2) is 0 Å². The number of carbonyl (C=O) groups excluding carboxylic acids is 1. The molecular weight excluding hydrogens is 252 g/mol. The lowest BCUT2D eigenvalue weighted by atomic mass is 9.64. The summed E-state index contributed by atoms with van der Waals surface area (Å²) in [6.07, 6.45) is 1.12. The van der Waals surface area contributed by atoms with Crippen LogP contribution in [0.2, 0.25) is 0 Å². The quantitative estimate of drug-likeness (QED) is 0.865. The van der Waals surface area contributed by atoms with Crippen LogP contribution < -0.4 is 11.1 Å². The summed E-state index contributed by atoms with van der Waals surface area (Å²) in [4.78, 5) is 12.2. The molecule has 0 heterocycles. The van der Waals surface area contributed by atoms with E-state index in [2.05, 4.69) is 19.2 Å². The highest BCUT2D eigenvalue weighted by atomic mass is 16.5. The maximum atomic E-state index is 12.2. The van der Waals surface area contributed by atoms with Crippen LogP contribution in [0.15, 0.2) is 24.3 Å². The Labute approximate surface area is 120 Å². The lowest BCUT2D eigenvalue weighted by Crippen LogP contribution is -2.62. The first-order valence-electron chi connectivity index (χ1n) is 7.20. The van der Waals surface area contributed by atoms with Crippen LogP contribution in [0.1, 0.15) is 43.1 Å². The van der Waals surface area contributed by atoms with Crippen LogP contribution in [0.5, 0.6) is 0 Å². The van der Waals surface area contributed by atoms with Gasteiger partial charge in [0.1, 0.15) is 0 Å². The fourth-order valence-corrected chi connectivity index (χ4v) is 2.65. The average molecular weight is 276 g/mol. The molecule has 2 atom stereocenters. The minimum atomic E-state index is -0.0263. The number of carbonyl (C=O) groups is 1. The van der Waals surface area contributed by atoms with Crippen molar-refractivity contribution in [3.05, 3.63) is 35.4 Å². The lowest BCUT2D eigenvalue weighted by Gasteiger charge is -2.51. The van der Waals surface area contributed by atoms with Crippen molar-refractivity contribution in [2.75, 3.05) is 6.61 Å². The van der Waals surface area contributed by atoms with Gasteiger partial charge in [-0.2, -0.15) is 0 Å². The number of rotatable bonds is 5. The van der Waals surface area contributed by atoms with Crippen molar-refractivity contribution in [3.8, 4) is 0 Å². The van der Waals surface area contributed by atoms with Crippen molar-refractivity contribution in [3.63, 3.8) is 0 Å². The average Bonchev–Trinajstić information content (AvgIpc) is 2.46. The molecule has 2 unspecified atom stereocenters. The maximum Gasteiger partial charge on any atom is 0.251 e. The van der Waals surface area contributed by atoms with E-state index in [1.807, 2.05) is 31.2 Å². The summed E-state index contributed by atoms with van der Waals surface area (Å²) in [5, 5.41) is 3.10. The van der Waals surface area contributed by atoms with Gasteiger partial charge < -0.3 is 15.8 Å². The largest absolute Gasteiger partial charge is 0.378 e. The smallest absolute Gasteiger partial charge is 0.251 e. The third kappa shape index (κ3) is 2.86. The minimum Gasteiger partial charge on any atom is -0.378 e. The van der Waals surface area contributed by atoms with Crippen molar-refractivity contribution >= 4 is 5.91 Å². The maximum absolute atomic E-state index is 12.2. The molecule has 0 radical (unpaired) electrons. The molecule has 1 amide bonds. The molecule has 1 saturated carbocycles. The van der Waals surface area contributed by atoms with Crippen molar-refractivity contribution in [2.45, 2.75) is 45.9 Å². The van der Waals surface area contributed by atoms with Crippen LogP contribution in [0, 0.1) is 5.41 Å². The van der Waals surface area contributed by atoms with Crippen molar-refractivity contribution in [1.29, 1.82) is 0 Å². The van der Waals surface area contributed by atoms with Gasteiger partial charge in [0.25, 0.3) is 5.91 Å². The van der Waals surface area contributed by atoms with Crippen molar-refractivity contribution in [1.82, 2.24) is 5.32 Å². The summed E-state index contributed by atoms with van der Waals surface area (Å²) in [5.41, 5.74) is 7.25. The zero-order valence-corrected chi connectivity index (χ0v) is 12.5. The normalized spacial score (nSPS) is 24.0. The van der Waals surface area contributed by atoms with Crippen molar-refractivity contribution < 1.29 is 9.53 Å². The fraction of sp³-hybridized carbons (Fsp3) is 0.562. The molecule has 1 fully saturated rings. The molecule has 1 aromatic carbocycles. The first-order valence-corrected chi connectivity index (χ1v) is 7.20. The van der Waals surface area contributed by atoms with Gasteiger partial charge in [-0.3, -0.25) is 4.79 Å². The Morgan fingerprint density at radius 1 is 1.40 bits per heavy atom. The summed E-state index contributed by atoms with van der Waals surface area (Å²) in [6.45, 7) is 7.49. The predicted octanol–water partition coefficient (Wildman–Crippen LogP) is 2.08. The number of ether oxygens (including phenoxy) is 1. The molecule has 2 rings (SSSR count). The van der Waals surface area contributed by atoms with Gasteiger partial charge in [-0.25, -0.2) is 0 Å². The van der Waals surface area contributed by atoms with Crippen LogP contribution in [0.25, 0.3) is 0 Å². The number of hydrogen-bond donors (Lipinski definition) is 2. The number of nitrogens with one attached hydrogen (secondary N) is 1. The Kier molecular flexibility index (Phi) is 4.45. The molecule has 1 aromatic rings. The summed E-state index contributed by atoms with van der Waals surface area (Å²) >= 11 is 0. The first kappa shape index (κ1) is 15.0. The Balaban J connectivity index is 1.95. The molecule has 20 heavy (non-hydrogen) atoms. The third-order valence-corrected chi connectivity index (χ3v) is 4.30. The second-order valence-electron chi connectivity index (χ2n) is 5.93. The lowest BCUT2D eigenvalue weighted by molar-refractivity contribution is -0.111. The number of hydrogen-bond acceptors (Lipinski definition) is 3. The summed E-state index contributed by atoms with van der Waals surface area (Å²) in [7, 11) is 0. The zero-order chi connectivity index (χ0) is 14.8. The molecule has 0 saturated heterocycles. The molecule has 1 aliphatic rings. The van der Waals surface area contributed by atoms with Crippen LogP contribution in [0.4, 0.5) is 0 Å². The van der Waals surface area contributed by atoms with E-state index in [0.29, 0.717) is 12.1 Å². The second-order valence-corrected chi connectivity index (χ2v) is 5.93. The molecule has 4 heteroatoms. The predicted molar refractivity (Wildman–Crippen MR) is 79.4 cm³/mol. The number of benzene rings is 1. The molecule has 0 aliphatic heterocycles. The minimum absolute atomic E-state index is 0.0110. The molecule has 1 aliphatic carbocycles. The van der Waals surface area contributed by atoms with Gasteiger partial charge in [0, 0.05) is 30.2 Å². The molecule has 0 bridgehead atoms. The third-order valence-electron chi connectivity index (χ3n) is 4.30. The standard InChI is InChI=1S/C16H24N2O2/c1-4-20-14-9-13(16(14,2)3)18-15(19)12-7-5-11(10-17)6-8-12/h5-8,13-14H,4,9-10,17H2,1-3H3,(H,18,19). The van der Waals surface area contributed by atoms with E-state index in [-0.39, 0.29) is 23.5 Å². The van der Waals surface area contributed by atoms with E-state index >= 15 is 0 Å². The summed E-state index contributed by atoms with van der Waals surface area (Å²) in [6, 6.07) is 7.60. The van der Waals surface area contributed by atoms with E-state index < -0.39 is 0 Å². The van der Waals surface area contributed by atoms with Crippen LogP contribution >= 0.6 is 0 Å². The van der Waals surface area contributed by atoms with Gasteiger partial charge in [-0.1, -0.05) is 26.0 Å². The Hall–Kier alpha value is -1.39. The second kappa shape index (κ2) is 5.94. The van der Waals surface area contributed by atoms with Gasteiger partial charge in [-0.05, 0) is 31.0 Å². The van der Waals surface area contributed by atoms with Crippen LogP contribution in [-0.4, -0.2) is 24.7 Å². The van der Waals surface area contributed by atoms with E-state index in [4.69, 9.17) is 10.5 Å². The van der Waals surface area contributed by atoms with Gasteiger partial charge in [-0.15, -0.1) is 0 Å². The van der Waals surface area contributed by atoms with Gasteiger partial charge >= 0.3 is 0 Å². The Morgan fingerprint density at radius 3 is 2.55 bits per heavy atom. The Bertz CT molecular complexity index is 468.